The topological polar surface area (TPSA) is 49.4 Å². The maximum atomic E-state index is 12.7. The Kier molecular flexibility index (Phi) is 3.23. The van der Waals surface area contributed by atoms with E-state index in [1.54, 1.807) is 0 Å². The molecule has 4 nitrogen and oxygen atoms in total. The molecule has 0 aliphatic carbocycles. The van der Waals surface area contributed by atoms with E-state index >= 15 is 0 Å². The number of benzene rings is 1. The Morgan fingerprint density at radius 1 is 1.28 bits per heavy atom. The lowest BCUT2D eigenvalue weighted by Crippen LogP contribution is -2.30. The number of nitrogens with one attached hydrogen (secondary N) is 1. The third kappa shape index (κ3) is 2.29. The van der Waals surface area contributed by atoms with Crippen molar-refractivity contribution in [2.24, 2.45) is 0 Å². The molecule has 2 rings (SSSR count). The largest absolute Gasteiger partial charge is 0.329 e. The number of carbonyl (C=O) groups excluding carboxylic acids is 2. The van der Waals surface area contributed by atoms with E-state index in [4.69, 9.17) is 0 Å². The fourth-order valence-electron chi connectivity index (χ4n) is 1.59. The smallest absolute Gasteiger partial charge is 0.303 e. The highest BCUT2D eigenvalue weighted by molar-refractivity contribution is 6.14. The minimum absolute atomic E-state index is 0.158. The summed E-state index contributed by atoms with van der Waals surface area (Å²) in [5.74, 6) is -0.767. The lowest BCUT2D eigenvalue weighted by atomic mass is 10.2. The average Bonchev–Trinajstić information content (AvgIpc) is 2.60. The third-order valence-corrected chi connectivity index (χ3v) is 2.45. The Morgan fingerprint density at radius 3 is 2.56 bits per heavy atom. The first-order chi connectivity index (χ1) is 8.61. The van der Waals surface area contributed by atoms with Crippen molar-refractivity contribution in [2.75, 3.05) is 6.54 Å². The molecule has 5 heteroatoms. The van der Waals surface area contributed by atoms with Crippen LogP contribution in [0.2, 0.25) is 0 Å². The molecule has 1 heterocycles. The molecule has 0 bridgehead atoms. The molecule has 0 radical (unpaired) electrons. The van der Waals surface area contributed by atoms with Crippen molar-refractivity contribution in [1.29, 1.82) is 0 Å². The van der Waals surface area contributed by atoms with Gasteiger partial charge in [-0.2, -0.15) is 0 Å². The van der Waals surface area contributed by atoms with Crippen LogP contribution >= 0.6 is 0 Å². The molecule has 0 spiro atoms. The van der Waals surface area contributed by atoms with Crippen LogP contribution < -0.4 is 5.32 Å². The molecule has 1 aliphatic heterocycles. The first-order valence-electron chi connectivity index (χ1n) is 5.33. The van der Waals surface area contributed by atoms with Crippen molar-refractivity contribution >= 4 is 18.0 Å². The van der Waals surface area contributed by atoms with Gasteiger partial charge in [-0.05, 0) is 23.8 Å². The van der Waals surface area contributed by atoms with Crippen LogP contribution in [-0.2, 0) is 4.79 Å². The Bertz CT molecular complexity index is 534. The van der Waals surface area contributed by atoms with Gasteiger partial charge in [-0.25, -0.2) is 9.18 Å². The van der Waals surface area contributed by atoms with E-state index in [9.17, 15) is 14.0 Å². The molecule has 18 heavy (non-hydrogen) atoms. The summed E-state index contributed by atoms with van der Waals surface area (Å²) in [5.41, 5.74) is 0.814. The number of nitrogens with zero attached hydrogens (tertiary/aromatic N) is 1. The van der Waals surface area contributed by atoms with Crippen molar-refractivity contribution in [2.45, 2.75) is 0 Å². The van der Waals surface area contributed by atoms with E-state index in [1.165, 1.54) is 36.4 Å². The molecule has 0 aromatic heterocycles. The molecule has 1 aromatic rings. The zero-order valence-electron chi connectivity index (χ0n) is 9.52. The molecule has 1 fully saturated rings. The lowest BCUT2D eigenvalue weighted by Gasteiger charge is -2.06. The second-order valence-corrected chi connectivity index (χ2v) is 3.74. The fourth-order valence-corrected chi connectivity index (χ4v) is 1.59. The number of hydrogen-bond donors (Lipinski definition) is 1. The van der Waals surface area contributed by atoms with Crippen LogP contribution in [-0.4, -0.2) is 23.4 Å². The Labute approximate surface area is 103 Å². The molecule has 0 atom stereocenters. The molecular formula is C13H11FN2O2. The lowest BCUT2D eigenvalue weighted by molar-refractivity contribution is -0.122. The molecule has 0 unspecified atom stereocenters. The van der Waals surface area contributed by atoms with Gasteiger partial charge in [-0.3, -0.25) is 9.69 Å². The number of hydrogen-bond acceptors (Lipinski definition) is 2. The summed E-state index contributed by atoms with van der Waals surface area (Å²) in [4.78, 5) is 24.3. The van der Waals surface area contributed by atoms with E-state index in [1.807, 2.05) is 0 Å². The summed E-state index contributed by atoms with van der Waals surface area (Å²) in [7, 11) is 0. The Morgan fingerprint density at radius 2 is 1.94 bits per heavy atom. The summed E-state index contributed by atoms with van der Waals surface area (Å²) >= 11 is 0. The molecule has 92 valence electrons. The molecule has 1 N–H and O–H groups in total. The predicted molar refractivity (Wildman–Crippen MR) is 64.8 cm³/mol. The van der Waals surface area contributed by atoms with E-state index in [0.717, 1.165) is 4.90 Å². The van der Waals surface area contributed by atoms with Gasteiger partial charge in [0.1, 0.15) is 11.5 Å². The van der Waals surface area contributed by atoms with E-state index < -0.39 is 11.9 Å². The average molecular weight is 246 g/mol. The highest BCUT2D eigenvalue weighted by Gasteiger charge is 2.32. The fraction of sp³-hybridized carbons (Fsp3) is 0.0769. The Hall–Kier alpha value is -2.43. The minimum Gasteiger partial charge on any atom is -0.303 e. The molecule has 1 aromatic carbocycles. The van der Waals surface area contributed by atoms with Gasteiger partial charge in [0, 0.05) is 6.54 Å². The van der Waals surface area contributed by atoms with E-state index in [2.05, 4.69) is 11.9 Å². The number of halogens is 1. The van der Waals surface area contributed by atoms with Crippen molar-refractivity contribution in [3.8, 4) is 0 Å². The molecule has 3 amide bonds. The van der Waals surface area contributed by atoms with Crippen LogP contribution in [0.1, 0.15) is 5.56 Å². The van der Waals surface area contributed by atoms with Crippen LogP contribution in [0.4, 0.5) is 9.18 Å². The van der Waals surface area contributed by atoms with Crippen LogP contribution in [0.3, 0.4) is 0 Å². The van der Waals surface area contributed by atoms with Crippen molar-refractivity contribution in [3.05, 3.63) is 54.0 Å². The van der Waals surface area contributed by atoms with Gasteiger partial charge in [-0.1, -0.05) is 18.2 Å². The second-order valence-electron chi connectivity index (χ2n) is 3.74. The number of imide groups is 1. The molecule has 0 saturated carbocycles. The minimum atomic E-state index is -0.478. The van der Waals surface area contributed by atoms with E-state index in [-0.39, 0.29) is 18.1 Å². The molecular weight excluding hydrogens is 235 g/mol. The number of carbonyl (C=O) groups is 2. The van der Waals surface area contributed by atoms with Gasteiger partial charge < -0.3 is 5.32 Å². The zero-order valence-corrected chi connectivity index (χ0v) is 9.52. The summed E-state index contributed by atoms with van der Waals surface area (Å²) in [6.07, 6.45) is 2.97. The summed E-state index contributed by atoms with van der Waals surface area (Å²) < 4.78 is 12.7. The summed E-state index contributed by atoms with van der Waals surface area (Å²) in [6, 6.07) is 5.15. The number of rotatable bonds is 3. The van der Waals surface area contributed by atoms with Gasteiger partial charge in [0.15, 0.2) is 0 Å². The van der Waals surface area contributed by atoms with E-state index in [0.29, 0.717) is 5.56 Å². The first-order valence-corrected chi connectivity index (χ1v) is 5.33. The van der Waals surface area contributed by atoms with Crippen molar-refractivity contribution in [1.82, 2.24) is 10.2 Å². The van der Waals surface area contributed by atoms with Gasteiger partial charge in [0.2, 0.25) is 0 Å². The van der Waals surface area contributed by atoms with Gasteiger partial charge >= 0.3 is 6.03 Å². The number of urea groups is 1. The first kappa shape index (κ1) is 12.0. The van der Waals surface area contributed by atoms with Crippen molar-refractivity contribution in [3.63, 3.8) is 0 Å². The highest BCUT2D eigenvalue weighted by Crippen LogP contribution is 2.14. The maximum Gasteiger partial charge on any atom is 0.329 e. The standard InChI is InChI=1S/C13H11FN2O2/c1-2-7-16-12(17)11(15-13(16)18)8-9-3-5-10(14)6-4-9/h2-6,8H,1,7H2,(H,15,18)/b11-8+. The number of amides is 3. The highest BCUT2D eigenvalue weighted by atomic mass is 19.1. The van der Waals surface area contributed by atoms with Crippen molar-refractivity contribution < 1.29 is 14.0 Å². The zero-order chi connectivity index (χ0) is 13.1. The van der Waals surface area contributed by atoms with Crippen LogP contribution in [0.25, 0.3) is 6.08 Å². The normalized spacial score (nSPS) is 17.2. The maximum absolute atomic E-state index is 12.7. The SMILES string of the molecule is C=CCN1C(=O)N/C(=C/c2ccc(F)cc2)C1=O. The third-order valence-electron chi connectivity index (χ3n) is 2.45. The van der Waals surface area contributed by atoms with Gasteiger partial charge in [0.25, 0.3) is 5.91 Å². The van der Waals surface area contributed by atoms with Crippen LogP contribution in [0.15, 0.2) is 42.6 Å². The summed E-state index contributed by atoms with van der Waals surface area (Å²) in [5, 5.41) is 2.46. The monoisotopic (exact) mass is 246 g/mol. The van der Waals surface area contributed by atoms with Gasteiger partial charge in [0.05, 0.1) is 0 Å². The van der Waals surface area contributed by atoms with Crippen LogP contribution in [0, 0.1) is 5.82 Å². The predicted octanol–water partition coefficient (Wildman–Crippen LogP) is 1.90. The summed E-state index contributed by atoms with van der Waals surface area (Å²) in [6.45, 7) is 3.63. The molecule has 1 saturated heterocycles. The quantitative estimate of drug-likeness (QED) is 0.503. The second kappa shape index (κ2) is 4.83. The van der Waals surface area contributed by atoms with Crippen LogP contribution in [0.5, 0.6) is 0 Å². The van der Waals surface area contributed by atoms with Gasteiger partial charge in [-0.15, -0.1) is 6.58 Å². The Balaban J connectivity index is 2.24. The molecule has 1 aliphatic rings.